The SMILES string of the molecule is CNCC(C)C(=O)N1CCN(Cc2noc(C)n2)CC1. The molecule has 112 valence electrons. The van der Waals surface area contributed by atoms with Crippen LogP contribution in [0.15, 0.2) is 4.52 Å². The number of piperazine rings is 1. The quantitative estimate of drug-likeness (QED) is 0.811. The maximum Gasteiger partial charge on any atom is 0.226 e. The molecule has 1 saturated heterocycles. The topological polar surface area (TPSA) is 74.5 Å². The third-order valence-corrected chi connectivity index (χ3v) is 3.55. The van der Waals surface area contributed by atoms with E-state index in [0.717, 1.165) is 32.7 Å². The number of carbonyl (C=O) groups excluding carboxylic acids is 1. The van der Waals surface area contributed by atoms with Gasteiger partial charge in [-0.15, -0.1) is 0 Å². The molecule has 2 rings (SSSR count). The van der Waals surface area contributed by atoms with E-state index >= 15 is 0 Å². The van der Waals surface area contributed by atoms with Crippen LogP contribution in [0.1, 0.15) is 18.6 Å². The molecule has 0 bridgehead atoms. The Morgan fingerprint density at radius 2 is 2.10 bits per heavy atom. The molecule has 20 heavy (non-hydrogen) atoms. The largest absolute Gasteiger partial charge is 0.340 e. The second-order valence-corrected chi connectivity index (χ2v) is 5.29. The fourth-order valence-corrected chi connectivity index (χ4v) is 2.44. The van der Waals surface area contributed by atoms with Crippen molar-refractivity contribution < 1.29 is 9.32 Å². The number of aryl methyl sites for hydroxylation is 1. The smallest absolute Gasteiger partial charge is 0.226 e. The van der Waals surface area contributed by atoms with Gasteiger partial charge in [0.15, 0.2) is 5.82 Å². The van der Waals surface area contributed by atoms with Crippen LogP contribution in [0.5, 0.6) is 0 Å². The Morgan fingerprint density at radius 1 is 1.40 bits per heavy atom. The van der Waals surface area contributed by atoms with Crippen molar-refractivity contribution >= 4 is 5.91 Å². The van der Waals surface area contributed by atoms with Crippen molar-refractivity contribution in [2.75, 3.05) is 39.8 Å². The number of nitrogens with zero attached hydrogens (tertiary/aromatic N) is 4. The summed E-state index contributed by atoms with van der Waals surface area (Å²) in [4.78, 5) is 20.6. The molecule has 1 atom stereocenters. The molecule has 1 aliphatic rings. The Balaban J connectivity index is 1.78. The predicted molar refractivity (Wildman–Crippen MR) is 74.0 cm³/mol. The molecule has 0 saturated carbocycles. The Labute approximate surface area is 119 Å². The number of hydrogen-bond acceptors (Lipinski definition) is 6. The van der Waals surface area contributed by atoms with Crippen molar-refractivity contribution in [2.45, 2.75) is 20.4 Å². The first-order chi connectivity index (χ1) is 9.60. The standard InChI is InChI=1S/C13H23N5O2/c1-10(8-14-3)13(19)18-6-4-17(5-7-18)9-12-15-11(2)20-16-12/h10,14H,4-9H2,1-3H3. The van der Waals surface area contributed by atoms with E-state index in [0.29, 0.717) is 18.3 Å². The van der Waals surface area contributed by atoms with Gasteiger partial charge in [-0.1, -0.05) is 12.1 Å². The number of amides is 1. The zero-order valence-corrected chi connectivity index (χ0v) is 12.4. The number of nitrogens with one attached hydrogen (secondary N) is 1. The van der Waals surface area contributed by atoms with Gasteiger partial charge in [0.2, 0.25) is 11.8 Å². The molecule has 0 aromatic carbocycles. The van der Waals surface area contributed by atoms with Crippen molar-refractivity contribution in [1.82, 2.24) is 25.3 Å². The van der Waals surface area contributed by atoms with Crippen LogP contribution in [-0.2, 0) is 11.3 Å². The highest BCUT2D eigenvalue weighted by molar-refractivity contribution is 5.78. The summed E-state index contributed by atoms with van der Waals surface area (Å²) in [5.74, 6) is 1.57. The monoisotopic (exact) mass is 281 g/mol. The Morgan fingerprint density at radius 3 is 2.65 bits per heavy atom. The average molecular weight is 281 g/mol. The van der Waals surface area contributed by atoms with Gasteiger partial charge in [-0.2, -0.15) is 4.98 Å². The molecule has 1 aromatic heterocycles. The Kier molecular flexibility index (Phi) is 5.08. The summed E-state index contributed by atoms with van der Waals surface area (Å²) < 4.78 is 4.96. The third-order valence-electron chi connectivity index (χ3n) is 3.55. The first-order valence-corrected chi connectivity index (χ1v) is 7.05. The van der Waals surface area contributed by atoms with E-state index in [2.05, 4.69) is 20.4 Å². The van der Waals surface area contributed by atoms with Crippen molar-refractivity contribution in [3.63, 3.8) is 0 Å². The van der Waals surface area contributed by atoms with E-state index < -0.39 is 0 Å². The zero-order chi connectivity index (χ0) is 14.5. The van der Waals surface area contributed by atoms with E-state index in [-0.39, 0.29) is 11.8 Å². The van der Waals surface area contributed by atoms with Crippen LogP contribution in [0.4, 0.5) is 0 Å². The lowest BCUT2D eigenvalue weighted by atomic mass is 10.1. The summed E-state index contributed by atoms with van der Waals surface area (Å²) in [6.45, 7) is 8.40. The second kappa shape index (κ2) is 6.81. The molecule has 1 aromatic rings. The average Bonchev–Trinajstić information content (AvgIpc) is 2.84. The maximum absolute atomic E-state index is 12.2. The van der Waals surface area contributed by atoms with Crippen LogP contribution in [0.3, 0.4) is 0 Å². The van der Waals surface area contributed by atoms with Gasteiger partial charge in [-0.3, -0.25) is 9.69 Å². The third kappa shape index (κ3) is 3.77. The van der Waals surface area contributed by atoms with Crippen LogP contribution in [0, 0.1) is 12.8 Å². The second-order valence-electron chi connectivity index (χ2n) is 5.29. The highest BCUT2D eigenvalue weighted by Crippen LogP contribution is 2.09. The summed E-state index contributed by atoms with van der Waals surface area (Å²) >= 11 is 0. The van der Waals surface area contributed by atoms with Gasteiger partial charge in [0.25, 0.3) is 0 Å². The zero-order valence-electron chi connectivity index (χ0n) is 12.4. The fourth-order valence-electron chi connectivity index (χ4n) is 2.44. The first-order valence-electron chi connectivity index (χ1n) is 7.05. The molecule has 1 fully saturated rings. The van der Waals surface area contributed by atoms with E-state index in [4.69, 9.17) is 4.52 Å². The number of hydrogen-bond donors (Lipinski definition) is 1. The highest BCUT2D eigenvalue weighted by Gasteiger charge is 2.25. The van der Waals surface area contributed by atoms with Gasteiger partial charge < -0.3 is 14.7 Å². The summed E-state index contributed by atoms with van der Waals surface area (Å²) in [7, 11) is 1.87. The van der Waals surface area contributed by atoms with Gasteiger partial charge in [0, 0.05) is 45.6 Å². The molecular formula is C13H23N5O2. The number of rotatable bonds is 5. The van der Waals surface area contributed by atoms with E-state index in [1.165, 1.54) is 0 Å². The maximum atomic E-state index is 12.2. The van der Waals surface area contributed by atoms with E-state index in [1.54, 1.807) is 6.92 Å². The summed E-state index contributed by atoms with van der Waals surface area (Å²) in [6.07, 6.45) is 0. The molecule has 7 nitrogen and oxygen atoms in total. The van der Waals surface area contributed by atoms with Crippen molar-refractivity contribution in [3.05, 3.63) is 11.7 Å². The van der Waals surface area contributed by atoms with Crippen LogP contribution < -0.4 is 5.32 Å². The lowest BCUT2D eigenvalue weighted by Gasteiger charge is -2.35. The Hall–Kier alpha value is -1.47. The molecule has 0 radical (unpaired) electrons. The summed E-state index contributed by atoms with van der Waals surface area (Å²) in [5.41, 5.74) is 0. The van der Waals surface area contributed by atoms with Gasteiger partial charge in [0.05, 0.1) is 6.54 Å². The normalized spacial score (nSPS) is 18.2. The molecule has 1 N–H and O–H groups in total. The molecule has 7 heteroatoms. The van der Waals surface area contributed by atoms with Crippen molar-refractivity contribution in [3.8, 4) is 0 Å². The first kappa shape index (κ1) is 14.9. The van der Waals surface area contributed by atoms with Gasteiger partial charge in [0.1, 0.15) is 0 Å². The number of carbonyl (C=O) groups is 1. The molecule has 0 spiro atoms. The minimum atomic E-state index is 0.0337. The number of aromatic nitrogens is 2. The lowest BCUT2D eigenvalue weighted by molar-refractivity contribution is -0.136. The minimum absolute atomic E-state index is 0.0337. The van der Waals surface area contributed by atoms with Gasteiger partial charge in [-0.25, -0.2) is 0 Å². The van der Waals surface area contributed by atoms with Gasteiger partial charge >= 0.3 is 0 Å². The molecule has 1 amide bonds. The highest BCUT2D eigenvalue weighted by atomic mass is 16.5. The summed E-state index contributed by atoms with van der Waals surface area (Å²) in [6, 6.07) is 0. The van der Waals surface area contributed by atoms with Gasteiger partial charge in [-0.05, 0) is 7.05 Å². The van der Waals surface area contributed by atoms with E-state index in [9.17, 15) is 4.79 Å². The molecular weight excluding hydrogens is 258 g/mol. The minimum Gasteiger partial charge on any atom is -0.340 e. The molecule has 2 heterocycles. The van der Waals surface area contributed by atoms with Crippen molar-refractivity contribution in [2.24, 2.45) is 5.92 Å². The summed E-state index contributed by atoms with van der Waals surface area (Å²) in [5, 5.41) is 6.95. The molecule has 1 unspecified atom stereocenters. The molecule has 1 aliphatic heterocycles. The molecule has 0 aliphatic carbocycles. The van der Waals surface area contributed by atoms with Crippen LogP contribution in [0.2, 0.25) is 0 Å². The fraction of sp³-hybridized carbons (Fsp3) is 0.769. The van der Waals surface area contributed by atoms with Crippen LogP contribution in [-0.4, -0.2) is 65.6 Å². The van der Waals surface area contributed by atoms with Crippen LogP contribution >= 0.6 is 0 Å². The Bertz CT molecular complexity index is 440. The predicted octanol–water partition coefficient (Wildman–Crippen LogP) is -0.122. The van der Waals surface area contributed by atoms with E-state index in [1.807, 2.05) is 18.9 Å². The van der Waals surface area contributed by atoms with Crippen LogP contribution in [0.25, 0.3) is 0 Å². The van der Waals surface area contributed by atoms with Crippen molar-refractivity contribution in [1.29, 1.82) is 0 Å². The lowest BCUT2D eigenvalue weighted by Crippen LogP contribution is -2.50.